The second kappa shape index (κ2) is 8.28. The van der Waals surface area contributed by atoms with Crippen LogP contribution in [0.3, 0.4) is 0 Å². The molecule has 1 aromatic carbocycles. The third kappa shape index (κ3) is 3.82. The van der Waals surface area contributed by atoms with Crippen molar-refractivity contribution in [1.29, 1.82) is 0 Å². The summed E-state index contributed by atoms with van der Waals surface area (Å²) in [4.78, 5) is 21.5. The first kappa shape index (κ1) is 21.1. The first-order valence-corrected chi connectivity index (χ1v) is 12.8. The van der Waals surface area contributed by atoms with E-state index < -0.39 is 5.41 Å². The Kier molecular flexibility index (Phi) is 5.63. The van der Waals surface area contributed by atoms with Crippen molar-refractivity contribution in [2.24, 2.45) is 16.3 Å². The average Bonchev–Trinajstić information content (AvgIpc) is 3.53. The van der Waals surface area contributed by atoms with E-state index in [9.17, 15) is 4.79 Å². The molecule has 0 bridgehead atoms. The largest absolute Gasteiger partial charge is 0.381 e. The van der Waals surface area contributed by atoms with Crippen LogP contribution in [0.25, 0.3) is 10.9 Å². The van der Waals surface area contributed by atoms with Crippen molar-refractivity contribution in [2.45, 2.75) is 65.0 Å². The normalized spacial score (nSPS) is 26.4. The third-order valence-corrected chi connectivity index (χ3v) is 8.91. The molecule has 2 unspecified atom stereocenters. The predicted molar refractivity (Wildman–Crippen MR) is 131 cm³/mol. The molecule has 1 saturated heterocycles. The molecule has 6 heteroatoms. The fourth-order valence-electron chi connectivity index (χ4n) is 5.70. The van der Waals surface area contributed by atoms with Crippen LogP contribution < -0.4 is 10.6 Å². The van der Waals surface area contributed by atoms with Crippen LogP contribution in [0.4, 0.5) is 5.69 Å². The molecule has 5 nitrogen and oxygen atoms in total. The summed E-state index contributed by atoms with van der Waals surface area (Å²) in [5.74, 6) is 1.52. The van der Waals surface area contributed by atoms with Crippen LogP contribution in [0.2, 0.25) is 0 Å². The van der Waals surface area contributed by atoms with Gasteiger partial charge in [-0.15, -0.1) is 11.8 Å². The number of H-pyrrole nitrogens is 1. The SMILES string of the molecule is CC(=O)C(C)(C1CCNC1)[C@H]1CSC(c2cc3cc(C)cc(NC4CCCC4)c3[nH]2)=N1. The van der Waals surface area contributed by atoms with Gasteiger partial charge in [0.05, 0.1) is 28.4 Å². The van der Waals surface area contributed by atoms with Crippen molar-refractivity contribution in [2.75, 3.05) is 24.2 Å². The Bertz CT molecular complexity index is 1020. The lowest BCUT2D eigenvalue weighted by Crippen LogP contribution is -2.45. The molecule has 0 spiro atoms. The number of nitrogens with one attached hydrogen (secondary N) is 3. The van der Waals surface area contributed by atoms with Gasteiger partial charge in [-0.3, -0.25) is 9.79 Å². The van der Waals surface area contributed by atoms with E-state index in [4.69, 9.17) is 4.99 Å². The van der Waals surface area contributed by atoms with Gasteiger partial charge in [-0.1, -0.05) is 19.8 Å². The zero-order valence-electron chi connectivity index (χ0n) is 18.9. The minimum Gasteiger partial charge on any atom is -0.381 e. The van der Waals surface area contributed by atoms with Gasteiger partial charge in [0.2, 0.25) is 0 Å². The quantitative estimate of drug-likeness (QED) is 0.600. The van der Waals surface area contributed by atoms with E-state index in [1.165, 1.54) is 47.8 Å². The number of Topliss-reactive ketones (excluding diaryl/α,β-unsaturated/α-hetero) is 1. The zero-order chi connectivity index (χ0) is 21.6. The van der Waals surface area contributed by atoms with Gasteiger partial charge in [0.1, 0.15) is 10.8 Å². The number of anilines is 1. The number of ketones is 1. The smallest absolute Gasteiger partial charge is 0.138 e. The second-order valence-corrected chi connectivity index (χ2v) is 10.9. The number of rotatable bonds is 6. The summed E-state index contributed by atoms with van der Waals surface area (Å²) >= 11 is 1.79. The Morgan fingerprint density at radius 2 is 2.03 bits per heavy atom. The van der Waals surface area contributed by atoms with E-state index in [1.54, 1.807) is 18.7 Å². The Balaban J connectivity index is 1.46. The van der Waals surface area contributed by atoms with Gasteiger partial charge in [0, 0.05) is 17.2 Å². The minimum absolute atomic E-state index is 0.0409. The van der Waals surface area contributed by atoms with Gasteiger partial charge in [-0.25, -0.2) is 0 Å². The second-order valence-electron chi connectivity index (χ2n) is 9.88. The summed E-state index contributed by atoms with van der Waals surface area (Å²) in [7, 11) is 0. The first-order valence-electron chi connectivity index (χ1n) is 11.8. The number of hydrogen-bond donors (Lipinski definition) is 3. The van der Waals surface area contributed by atoms with Gasteiger partial charge >= 0.3 is 0 Å². The number of thioether (sulfide) groups is 1. The number of fused-ring (bicyclic) bond motifs is 1. The van der Waals surface area contributed by atoms with Crippen LogP contribution >= 0.6 is 11.8 Å². The molecule has 1 aliphatic carbocycles. The van der Waals surface area contributed by atoms with Crippen molar-refractivity contribution < 1.29 is 4.79 Å². The Morgan fingerprint density at radius 3 is 2.74 bits per heavy atom. The molecule has 3 heterocycles. The van der Waals surface area contributed by atoms with E-state index in [2.05, 4.69) is 47.7 Å². The molecule has 2 aromatic rings. The lowest BCUT2D eigenvalue weighted by Gasteiger charge is -2.36. The van der Waals surface area contributed by atoms with E-state index in [0.29, 0.717) is 12.0 Å². The maximum absolute atomic E-state index is 12.7. The predicted octanol–water partition coefficient (Wildman–Crippen LogP) is 4.90. The number of carbonyl (C=O) groups is 1. The number of nitrogens with zero attached hydrogens (tertiary/aromatic N) is 1. The molecule has 166 valence electrons. The van der Waals surface area contributed by atoms with Crippen LogP contribution in [0, 0.1) is 18.3 Å². The van der Waals surface area contributed by atoms with Gasteiger partial charge in [0.25, 0.3) is 0 Å². The topological polar surface area (TPSA) is 69.3 Å². The summed E-state index contributed by atoms with van der Waals surface area (Å²) in [6, 6.07) is 7.36. The van der Waals surface area contributed by atoms with Crippen LogP contribution in [0.15, 0.2) is 23.2 Å². The first-order chi connectivity index (χ1) is 14.9. The Morgan fingerprint density at radius 1 is 1.23 bits per heavy atom. The lowest BCUT2D eigenvalue weighted by molar-refractivity contribution is -0.129. The number of carbonyl (C=O) groups excluding carboxylic acids is 1. The number of hydrogen-bond acceptors (Lipinski definition) is 5. The Hall–Kier alpha value is -1.79. The highest BCUT2D eigenvalue weighted by Gasteiger charge is 2.48. The zero-order valence-corrected chi connectivity index (χ0v) is 19.7. The molecule has 5 rings (SSSR count). The fraction of sp³-hybridized carbons (Fsp3) is 0.600. The number of benzene rings is 1. The Labute approximate surface area is 189 Å². The number of aromatic nitrogens is 1. The molecule has 3 N–H and O–H groups in total. The highest BCUT2D eigenvalue weighted by molar-refractivity contribution is 8.14. The molecular weight excluding hydrogens is 404 g/mol. The van der Waals surface area contributed by atoms with Crippen molar-refractivity contribution in [3.63, 3.8) is 0 Å². The van der Waals surface area contributed by atoms with Crippen molar-refractivity contribution in [1.82, 2.24) is 10.3 Å². The van der Waals surface area contributed by atoms with Crippen molar-refractivity contribution in [3.05, 3.63) is 29.5 Å². The molecular formula is C25H34N4OS. The summed E-state index contributed by atoms with van der Waals surface area (Å²) in [5.41, 5.74) is 4.34. The van der Waals surface area contributed by atoms with E-state index in [-0.39, 0.29) is 11.8 Å². The van der Waals surface area contributed by atoms with Gasteiger partial charge in [-0.05, 0) is 75.9 Å². The van der Waals surface area contributed by atoms with Crippen LogP contribution in [-0.4, -0.2) is 46.7 Å². The molecule has 1 aromatic heterocycles. The summed E-state index contributed by atoms with van der Waals surface area (Å²) in [5, 5.41) is 9.50. The summed E-state index contributed by atoms with van der Waals surface area (Å²) in [6.45, 7) is 7.98. The third-order valence-electron chi connectivity index (χ3n) is 7.83. The summed E-state index contributed by atoms with van der Waals surface area (Å²) < 4.78 is 0. The van der Waals surface area contributed by atoms with Gasteiger partial charge in [-0.2, -0.15) is 0 Å². The molecule has 2 aliphatic heterocycles. The van der Waals surface area contributed by atoms with Gasteiger partial charge < -0.3 is 15.6 Å². The van der Waals surface area contributed by atoms with Gasteiger partial charge in [0.15, 0.2) is 0 Å². The van der Waals surface area contributed by atoms with Crippen molar-refractivity contribution >= 4 is 39.2 Å². The molecule has 1 saturated carbocycles. The van der Waals surface area contributed by atoms with E-state index in [0.717, 1.165) is 36.0 Å². The fourth-order valence-corrected chi connectivity index (χ4v) is 6.91. The molecule has 2 fully saturated rings. The number of aliphatic imine (C=N–C) groups is 1. The molecule has 0 amide bonds. The number of aryl methyl sites for hydroxylation is 1. The highest BCUT2D eigenvalue weighted by Crippen LogP contribution is 2.43. The van der Waals surface area contributed by atoms with Crippen LogP contribution in [-0.2, 0) is 4.79 Å². The van der Waals surface area contributed by atoms with Crippen LogP contribution in [0.1, 0.15) is 57.2 Å². The van der Waals surface area contributed by atoms with E-state index in [1.807, 2.05) is 0 Å². The standard InChI is InChI=1S/C25H34N4OS/c1-15-10-17-12-21(28-23(17)20(11-15)27-19-6-4-5-7-19)24-29-22(14-31-24)25(3,16(2)30)18-8-9-26-13-18/h10-12,18-19,22,26-28H,4-9,13-14H2,1-3H3/t18?,22-,25?/m1/s1. The maximum atomic E-state index is 12.7. The lowest BCUT2D eigenvalue weighted by atomic mass is 9.69. The summed E-state index contributed by atoms with van der Waals surface area (Å²) in [6.07, 6.45) is 6.22. The van der Waals surface area contributed by atoms with Crippen molar-refractivity contribution in [3.8, 4) is 0 Å². The number of aromatic amines is 1. The average molecular weight is 439 g/mol. The van der Waals surface area contributed by atoms with E-state index >= 15 is 0 Å². The highest BCUT2D eigenvalue weighted by atomic mass is 32.2. The maximum Gasteiger partial charge on any atom is 0.138 e. The molecule has 0 radical (unpaired) electrons. The molecule has 31 heavy (non-hydrogen) atoms. The molecule has 3 aliphatic rings. The molecule has 3 atom stereocenters. The minimum atomic E-state index is -0.393. The monoisotopic (exact) mass is 438 g/mol. The van der Waals surface area contributed by atoms with Crippen LogP contribution in [0.5, 0.6) is 0 Å².